The van der Waals surface area contributed by atoms with Crippen molar-refractivity contribution in [3.63, 3.8) is 0 Å². The van der Waals surface area contributed by atoms with Gasteiger partial charge in [0.25, 0.3) is 0 Å². The van der Waals surface area contributed by atoms with Crippen LogP contribution in [0.4, 0.5) is 17.3 Å². The normalized spacial score (nSPS) is 5.00. The molecule has 6 nitrogen and oxygen atoms in total. The average Bonchev–Trinajstić information content (AvgIpc) is 0.722. The van der Waals surface area contributed by atoms with Gasteiger partial charge in [0.05, 0.1) is 0 Å². The van der Waals surface area contributed by atoms with Gasteiger partial charge in [-0.25, -0.2) is 0 Å². The van der Waals surface area contributed by atoms with Crippen LogP contribution in [0.3, 0.4) is 0 Å². The Labute approximate surface area is 76.3 Å². The van der Waals surface area contributed by atoms with Crippen molar-refractivity contribution < 1.29 is 68.0 Å². The van der Waals surface area contributed by atoms with Crippen molar-refractivity contribution in [2.75, 3.05) is 0 Å². The van der Waals surface area contributed by atoms with Gasteiger partial charge in [0.2, 0.25) is 0 Å². The molecular weight excluding hydrogens is 241 g/mol. The van der Waals surface area contributed by atoms with Gasteiger partial charge in [0.15, 0.2) is 0 Å². The van der Waals surface area contributed by atoms with Gasteiger partial charge < -0.3 is 50.1 Å². The minimum atomic E-state index is -6.00. The molecule has 0 unspecified atom stereocenters. The first-order chi connectivity index (χ1) is 2.00. The van der Waals surface area contributed by atoms with Crippen molar-refractivity contribution >= 4 is 7.25 Å². The van der Waals surface area contributed by atoms with Crippen LogP contribution in [0.15, 0.2) is 0 Å². The fraction of sp³-hybridized carbons (Fsp3) is 0. The summed E-state index contributed by atoms with van der Waals surface area (Å²) in [7, 11) is -6.00. The minimum Gasteiger partial charge on any atom is -0.418 e. The Morgan fingerprint density at radius 2 is 0.583 bits per heavy atom. The summed E-state index contributed by atoms with van der Waals surface area (Å²) in [6.07, 6.45) is 0. The van der Waals surface area contributed by atoms with Gasteiger partial charge in [-0.3, -0.25) is 0 Å². The molecule has 0 aliphatic heterocycles. The summed E-state index contributed by atoms with van der Waals surface area (Å²) in [6.45, 7) is 0. The molecule has 0 aromatic carbocycles. The van der Waals surface area contributed by atoms with E-state index in [2.05, 4.69) is 0 Å². The Morgan fingerprint density at radius 3 is 0.583 bits per heavy atom. The molecule has 0 heterocycles. The zero-order valence-corrected chi connectivity index (χ0v) is 6.39. The largest absolute Gasteiger partial charge is 1.00 e. The summed E-state index contributed by atoms with van der Waals surface area (Å²) in [5.41, 5.74) is 0. The Morgan fingerprint density at radius 1 is 0.583 bits per heavy atom. The van der Waals surface area contributed by atoms with Crippen LogP contribution in [0.1, 0.15) is 1.43 Å². The second kappa shape index (κ2) is 30.5. The van der Waals surface area contributed by atoms with Gasteiger partial charge in [-0.15, -0.1) is 0 Å². The van der Waals surface area contributed by atoms with Gasteiger partial charge >= 0.3 is 8.68 Å². The molecule has 0 radical (unpaired) electrons. The molecule has 0 atom stereocenters. The molecule has 12 heteroatoms. The first kappa shape index (κ1) is 89.9. The van der Waals surface area contributed by atoms with E-state index in [-0.39, 0.29) is 50.8 Å². The molecule has 0 aliphatic rings. The van der Waals surface area contributed by atoms with Crippen molar-refractivity contribution in [2.24, 2.45) is 0 Å². The zero-order chi connectivity index (χ0) is 4.50. The monoisotopic (exact) mass is 254 g/mol. The van der Waals surface area contributed by atoms with Crippen LogP contribution in [-0.2, 0) is 16.5 Å². The van der Waals surface area contributed by atoms with E-state index in [1.54, 1.807) is 0 Å². The van der Waals surface area contributed by atoms with E-state index in [1.165, 1.54) is 0 Å². The van der Waals surface area contributed by atoms with E-state index in [1.807, 2.05) is 0 Å². The van der Waals surface area contributed by atoms with E-state index in [9.17, 15) is 17.3 Å². The quantitative estimate of drug-likeness (QED) is 0.306. The van der Waals surface area contributed by atoms with Crippen LogP contribution in [0, 0.1) is 0 Å². The van der Waals surface area contributed by atoms with Crippen molar-refractivity contribution in [2.45, 2.75) is 0 Å². The van der Waals surface area contributed by atoms with Crippen LogP contribution in [0.5, 0.6) is 0 Å². The fourth-order valence-corrected chi connectivity index (χ4v) is 0. The van der Waals surface area contributed by atoms with E-state index in [0.717, 1.165) is 0 Å². The number of hydrogen-bond acceptors (Lipinski definition) is 0. The number of rotatable bonds is 0. The van der Waals surface area contributed by atoms with E-state index >= 15 is 0 Å². The van der Waals surface area contributed by atoms with E-state index in [4.69, 9.17) is 0 Å². The maximum Gasteiger partial charge on any atom is 1.00 e. The van der Waals surface area contributed by atoms with Crippen molar-refractivity contribution in [1.29, 1.82) is 0 Å². The average molecular weight is 255 g/mol. The molecule has 0 rings (SSSR count). The molecule has 12 heavy (non-hydrogen) atoms. The van der Waals surface area contributed by atoms with Gasteiger partial charge in [0, 0.05) is 16.5 Å². The van der Waals surface area contributed by atoms with E-state index < -0.39 is 7.25 Å². The molecule has 0 aliphatic carbocycles. The summed E-state index contributed by atoms with van der Waals surface area (Å²) in [5, 5.41) is 0. The second-order valence-electron chi connectivity index (χ2n) is 0.495. The summed E-state index contributed by atoms with van der Waals surface area (Å²) in [5.74, 6) is 0. The molecule has 0 aromatic rings. The third-order valence-electron chi connectivity index (χ3n) is 0. The molecule has 0 saturated carbocycles. The molecule has 0 saturated heterocycles. The van der Waals surface area contributed by atoms with Crippen LogP contribution in [0.2, 0.25) is 0 Å². The predicted octanol–water partition coefficient (Wildman–Crippen LogP) is -3.54. The van der Waals surface area contributed by atoms with Crippen molar-refractivity contribution in [1.82, 2.24) is 0 Å². The first-order valence-corrected chi connectivity index (χ1v) is 0.873. The third kappa shape index (κ3) is 555000. The predicted molar refractivity (Wildman–Crippen MR) is 33.0 cm³/mol. The Hall–Kier alpha value is 0.0384. The summed E-state index contributed by atoms with van der Waals surface area (Å²) in [6, 6.07) is 0. The molecule has 0 amide bonds. The first-order valence-electron chi connectivity index (χ1n) is 0.873. The van der Waals surface area contributed by atoms with Gasteiger partial charge in [-0.05, 0) is 0 Å². The minimum absolute atomic E-state index is 0. The SMILES string of the molecule is F[B-](F)(F)F.O.O.O.O.O.O.[H+].[Ni]. The van der Waals surface area contributed by atoms with E-state index in [0.29, 0.717) is 0 Å². The maximum atomic E-state index is 9.75. The Balaban J connectivity index is -0.00000000286. The summed E-state index contributed by atoms with van der Waals surface area (Å²) >= 11 is 0. The molecule has 0 aromatic heterocycles. The van der Waals surface area contributed by atoms with Gasteiger partial charge in [-0.1, -0.05) is 0 Å². The standard InChI is InChI=1S/BF4.Ni.6H2O/c2-1(3,4)5;;;;;;;/h;;6*1H2/q-1;;;;;;;/p+1. The van der Waals surface area contributed by atoms with Crippen LogP contribution >= 0.6 is 0 Å². The third-order valence-corrected chi connectivity index (χ3v) is 0. The smallest absolute Gasteiger partial charge is 0.418 e. The van der Waals surface area contributed by atoms with Crippen LogP contribution in [-0.4, -0.2) is 40.1 Å². The Bertz CT molecular complexity index is 40.1. The summed E-state index contributed by atoms with van der Waals surface area (Å²) in [4.78, 5) is 0. The Kier molecular flexibility index (Phi) is 229. The second-order valence-corrected chi connectivity index (χ2v) is 0.495. The van der Waals surface area contributed by atoms with Crippen LogP contribution < -0.4 is 0 Å². The summed E-state index contributed by atoms with van der Waals surface area (Å²) < 4.78 is 39.0. The molecule has 0 fully saturated rings. The number of halogens is 4. The van der Waals surface area contributed by atoms with Crippen molar-refractivity contribution in [3.05, 3.63) is 0 Å². The molecular formula is H13BF4NiO6. The molecule has 12 N–H and O–H groups in total. The number of hydrogen-bond donors (Lipinski definition) is 0. The van der Waals surface area contributed by atoms with Gasteiger partial charge in [-0.2, -0.15) is 0 Å². The molecule has 0 spiro atoms. The zero-order valence-electron chi connectivity index (χ0n) is 6.41. The van der Waals surface area contributed by atoms with Crippen LogP contribution in [0.25, 0.3) is 0 Å². The van der Waals surface area contributed by atoms with Gasteiger partial charge in [0.1, 0.15) is 0 Å². The molecule has 0 bridgehead atoms. The topological polar surface area (TPSA) is 189 Å². The molecule has 90 valence electrons. The maximum absolute atomic E-state index is 9.75. The fourth-order valence-electron chi connectivity index (χ4n) is 0. The van der Waals surface area contributed by atoms with Crippen molar-refractivity contribution in [3.8, 4) is 0 Å².